The van der Waals surface area contributed by atoms with Gasteiger partial charge in [0.05, 0.1) is 9.89 Å². The molecule has 0 fully saturated rings. The molecule has 0 radical (unpaired) electrons. The van der Waals surface area contributed by atoms with Crippen LogP contribution < -0.4 is 5.73 Å². The molecular weight excluding hydrogens is 262 g/mol. The molecule has 0 aliphatic heterocycles. The molecule has 1 aromatic heterocycles. The van der Waals surface area contributed by atoms with Crippen molar-refractivity contribution in [2.75, 3.05) is 0 Å². The minimum absolute atomic E-state index is 0.152. The van der Waals surface area contributed by atoms with E-state index in [-0.39, 0.29) is 6.04 Å². The summed E-state index contributed by atoms with van der Waals surface area (Å²) in [5.41, 5.74) is 5.61. The lowest BCUT2D eigenvalue weighted by molar-refractivity contribution is 0.135. The van der Waals surface area contributed by atoms with Crippen molar-refractivity contribution in [1.82, 2.24) is 0 Å². The van der Waals surface area contributed by atoms with Gasteiger partial charge in [-0.15, -0.1) is 11.3 Å². The van der Waals surface area contributed by atoms with Crippen molar-refractivity contribution >= 4 is 27.3 Å². The summed E-state index contributed by atoms with van der Waals surface area (Å²) < 4.78 is 1.13. The van der Waals surface area contributed by atoms with Gasteiger partial charge in [0.25, 0.3) is 0 Å². The summed E-state index contributed by atoms with van der Waals surface area (Å²) in [4.78, 5) is 1.29. The lowest BCUT2D eigenvalue weighted by Crippen LogP contribution is -2.32. The van der Waals surface area contributed by atoms with Gasteiger partial charge in [-0.25, -0.2) is 0 Å². The van der Waals surface area contributed by atoms with Gasteiger partial charge in [0.15, 0.2) is 0 Å². The average Bonchev–Trinajstić information content (AvgIpc) is 2.51. The molecule has 0 aromatic carbocycles. The van der Waals surface area contributed by atoms with Crippen LogP contribution in [0.4, 0.5) is 0 Å². The van der Waals surface area contributed by atoms with Crippen molar-refractivity contribution in [2.24, 2.45) is 5.73 Å². The summed E-state index contributed by atoms with van der Waals surface area (Å²) in [7, 11) is 0. The largest absolute Gasteiger partial charge is 0.392 e. The second kappa shape index (κ2) is 5.26. The second-order valence-corrected chi connectivity index (χ2v) is 6.20. The number of hydrogen-bond donors (Lipinski definition) is 2. The molecule has 2 nitrogen and oxygen atoms in total. The van der Waals surface area contributed by atoms with Crippen molar-refractivity contribution in [3.63, 3.8) is 0 Å². The Morgan fingerprint density at radius 2 is 2.14 bits per heavy atom. The third-order valence-electron chi connectivity index (χ3n) is 2.28. The van der Waals surface area contributed by atoms with Gasteiger partial charge >= 0.3 is 0 Å². The molecule has 80 valence electrons. The van der Waals surface area contributed by atoms with E-state index in [9.17, 15) is 5.11 Å². The van der Waals surface area contributed by atoms with Crippen LogP contribution in [0.15, 0.2) is 15.9 Å². The Kier molecular flexibility index (Phi) is 4.57. The van der Waals surface area contributed by atoms with E-state index in [0.29, 0.717) is 5.92 Å². The van der Waals surface area contributed by atoms with E-state index in [4.69, 9.17) is 5.73 Å². The SMILES string of the molecule is CC(CC(O)C(C)N)c1ccc(Br)s1. The van der Waals surface area contributed by atoms with Gasteiger partial charge in [0.1, 0.15) is 0 Å². The molecule has 0 aliphatic carbocycles. The van der Waals surface area contributed by atoms with Gasteiger partial charge < -0.3 is 10.8 Å². The number of aliphatic hydroxyl groups excluding tert-OH is 1. The van der Waals surface area contributed by atoms with Gasteiger partial charge in [-0.1, -0.05) is 6.92 Å². The average molecular weight is 278 g/mol. The van der Waals surface area contributed by atoms with Crippen molar-refractivity contribution in [2.45, 2.75) is 38.3 Å². The quantitative estimate of drug-likeness (QED) is 0.889. The molecule has 3 atom stereocenters. The number of nitrogens with two attached hydrogens (primary N) is 1. The third-order valence-corrected chi connectivity index (χ3v) is 4.14. The standard InChI is InChI=1S/C10H16BrNOS/c1-6(5-8(13)7(2)12)9-3-4-10(11)14-9/h3-4,6-8,13H,5,12H2,1-2H3. The number of aliphatic hydroxyl groups is 1. The van der Waals surface area contributed by atoms with E-state index in [2.05, 4.69) is 28.9 Å². The zero-order chi connectivity index (χ0) is 10.7. The van der Waals surface area contributed by atoms with E-state index in [1.807, 2.05) is 13.0 Å². The highest BCUT2D eigenvalue weighted by Crippen LogP contribution is 2.31. The Balaban J connectivity index is 2.54. The van der Waals surface area contributed by atoms with Crippen molar-refractivity contribution in [1.29, 1.82) is 0 Å². The molecule has 1 aromatic rings. The van der Waals surface area contributed by atoms with Crippen LogP contribution in [0.2, 0.25) is 0 Å². The predicted molar refractivity (Wildman–Crippen MR) is 64.7 cm³/mol. The van der Waals surface area contributed by atoms with E-state index in [1.165, 1.54) is 4.88 Å². The summed E-state index contributed by atoms with van der Waals surface area (Å²) >= 11 is 5.14. The molecule has 0 bridgehead atoms. The summed E-state index contributed by atoms with van der Waals surface area (Å²) in [5.74, 6) is 0.368. The first-order valence-corrected chi connectivity index (χ1v) is 6.30. The fraction of sp³-hybridized carbons (Fsp3) is 0.600. The first kappa shape index (κ1) is 12.2. The summed E-state index contributed by atoms with van der Waals surface area (Å²) in [6.07, 6.45) is 0.316. The molecule has 0 saturated carbocycles. The van der Waals surface area contributed by atoms with Crippen molar-refractivity contribution < 1.29 is 5.11 Å². The van der Waals surface area contributed by atoms with Gasteiger partial charge in [0.2, 0.25) is 0 Å². The molecule has 14 heavy (non-hydrogen) atoms. The number of halogens is 1. The lowest BCUT2D eigenvalue weighted by Gasteiger charge is -2.18. The monoisotopic (exact) mass is 277 g/mol. The Hall–Kier alpha value is 0.1000. The van der Waals surface area contributed by atoms with E-state index >= 15 is 0 Å². The zero-order valence-electron chi connectivity index (χ0n) is 8.40. The Morgan fingerprint density at radius 3 is 2.57 bits per heavy atom. The lowest BCUT2D eigenvalue weighted by atomic mass is 9.99. The maximum Gasteiger partial charge on any atom is 0.0701 e. The molecule has 0 aliphatic rings. The number of hydrogen-bond acceptors (Lipinski definition) is 3. The highest BCUT2D eigenvalue weighted by Gasteiger charge is 2.16. The van der Waals surface area contributed by atoms with Crippen LogP contribution in [0.25, 0.3) is 0 Å². The van der Waals surface area contributed by atoms with Gasteiger partial charge in [-0.3, -0.25) is 0 Å². The Bertz CT molecular complexity index is 287. The molecule has 0 amide bonds. The first-order valence-electron chi connectivity index (χ1n) is 4.69. The van der Waals surface area contributed by atoms with Crippen LogP contribution >= 0.6 is 27.3 Å². The third kappa shape index (κ3) is 3.35. The normalized spacial score (nSPS) is 17.8. The molecule has 1 heterocycles. The van der Waals surface area contributed by atoms with Gasteiger partial charge in [0, 0.05) is 10.9 Å². The molecular formula is C10H16BrNOS. The minimum atomic E-state index is -0.411. The molecule has 0 saturated heterocycles. The van der Waals surface area contributed by atoms with Crippen LogP contribution in [0, 0.1) is 0 Å². The fourth-order valence-corrected chi connectivity index (χ4v) is 2.77. The van der Waals surface area contributed by atoms with Gasteiger partial charge in [-0.2, -0.15) is 0 Å². The highest BCUT2D eigenvalue weighted by atomic mass is 79.9. The van der Waals surface area contributed by atoms with Crippen LogP contribution in [0.5, 0.6) is 0 Å². The first-order chi connectivity index (χ1) is 6.50. The van der Waals surface area contributed by atoms with Crippen LogP contribution in [-0.4, -0.2) is 17.3 Å². The molecule has 4 heteroatoms. The van der Waals surface area contributed by atoms with Crippen LogP contribution in [0.3, 0.4) is 0 Å². The van der Waals surface area contributed by atoms with E-state index < -0.39 is 6.10 Å². The summed E-state index contributed by atoms with van der Waals surface area (Å²) in [5, 5.41) is 9.63. The van der Waals surface area contributed by atoms with Crippen molar-refractivity contribution in [3.8, 4) is 0 Å². The number of rotatable bonds is 4. The van der Waals surface area contributed by atoms with E-state index in [1.54, 1.807) is 11.3 Å². The molecule has 3 unspecified atom stereocenters. The molecule has 0 spiro atoms. The van der Waals surface area contributed by atoms with Crippen LogP contribution in [-0.2, 0) is 0 Å². The van der Waals surface area contributed by atoms with Crippen LogP contribution in [0.1, 0.15) is 31.1 Å². The molecule has 3 N–H and O–H groups in total. The topological polar surface area (TPSA) is 46.2 Å². The van der Waals surface area contributed by atoms with Crippen molar-refractivity contribution in [3.05, 3.63) is 20.8 Å². The van der Waals surface area contributed by atoms with E-state index in [0.717, 1.165) is 10.2 Å². The van der Waals surface area contributed by atoms with Gasteiger partial charge in [-0.05, 0) is 47.3 Å². The highest BCUT2D eigenvalue weighted by molar-refractivity contribution is 9.11. The summed E-state index contributed by atoms with van der Waals surface area (Å²) in [6, 6.07) is 3.98. The Labute approximate surface area is 97.3 Å². The predicted octanol–water partition coefficient (Wildman–Crippen LogP) is 2.71. The Morgan fingerprint density at radius 1 is 1.50 bits per heavy atom. The number of thiophene rings is 1. The minimum Gasteiger partial charge on any atom is -0.392 e. The zero-order valence-corrected chi connectivity index (χ0v) is 10.8. The summed E-state index contributed by atoms with van der Waals surface area (Å²) in [6.45, 7) is 3.95. The maximum atomic E-state index is 9.63. The molecule has 1 rings (SSSR count). The smallest absolute Gasteiger partial charge is 0.0701 e. The second-order valence-electron chi connectivity index (χ2n) is 3.71. The maximum absolute atomic E-state index is 9.63. The fourth-order valence-electron chi connectivity index (χ4n) is 1.29.